The second kappa shape index (κ2) is 5.81. The van der Waals surface area contributed by atoms with Gasteiger partial charge in [-0.3, -0.25) is 4.79 Å². The van der Waals surface area contributed by atoms with Gasteiger partial charge in [0.25, 0.3) is 5.91 Å². The van der Waals surface area contributed by atoms with Crippen molar-refractivity contribution in [1.82, 2.24) is 4.90 Å². The molecule has 0 bridgehead atoms. The molecule has 102 valence electrons. The third-order valence-electron chi connectivity index (χ3n) is 3.66. The van der Waals surface area contributed by atoms with Crippen LogP contribution in [0.3, 0.4) is 0 Å². The molecule has 1 fully saturated rings. The predicted octanol–water partition coefficient (Wildman–Crippen LogP) is 4.59. The summed E-state index contributed by atoms with van der Waals surface area (Å²) in [6.07, 6.45) is 4.42. The summed E-state index contributed by atoms with van der Waals surface area (Å²) in [5, 5.41) is 2.08. The number of carbonyl (C=O) groups is 1. The number of alkyl halides is 1. The number of nitrogens with zero attached hydrogens (tertiary/aromatic N) is 1. The summed E-state index contributed by atoms with van der Waals surface area (Å²) in [6.45, 7) is 0.790. The Morgan fingerprint density at radius 2 is 2.26 bits per heavy atom. The van der Waals surface area contributed by atoms with E-state index in [0.717, 1.165) is 30.7 Å². The third-order valence-corrected chi connectivity index (χ3v) is 6.01. The quantitative estimate of drug-likeness (QED) is 0.739. The molecule has 0 saturated heterocycles. The van der Waals surface area contributed by atoms with Gasteiger partial charge in [-0.2, -0.15) is 0 Å². The molecule has 0 aliphatic heterocycles. The van der Waals surface area contributed by atoms with Crippen LogP contribution in [0.1, 0.15) is 35.4 Å². The second-order valence-electron chi connectivity index (χ2n) is 4.89. The minimum Gasteiger partial charge on any atom is -0.335 e. The first-order valence-electron chi connectivity index (χ1n) is 6.63. The van der Waals surface area contributed by atoms with E-state index in [0.29, 0.717) is 11.9 Å². The molecule has 2 nitrogen and oxygen atoms in total. The Morgan fingerprint density at radius 3 is 2.89 bits per heavy atom. The molecule has 3 rings (SSSR count). The minimum atomic E-state index is 0.197. The van der Waals surface area contributed by atoms with Crippen molar-refractivity contribution in [1.29, 1.82) is 0 Å². The normalized spacial score (nSPS) is 15.6. The van der Waals surface area contributed by atoms with E-state index in [2.05, 4.69) is 11.4 Å². The first-order chi connectivity index (χ1) is 9.29. The smallest absolute Gasteiger partial charge is 0.264 e. The van der Waals surface area contributed by atoms with E-state index >= 15 is 0 Å². The van der Waals surface area contributed by atoms with E-state index in [4.69, 9.17) is 11.6 Å². The molecule has 0 radical (unpaired) electrons. The van der Waals surface area contributed by atoms with Crippen LogP contribution in [0.5, 0.6) is 0 Å². The topological polar surface area (TPSA) is 20.3 Å². The summed E-state index contributed by atoms with van der Waals surface area (Å²) < 4.78 is 2.44. The molecule has 0 spiro atoms. The zero-order chi connectivity index (χ0) is 13.2. The lowest BCUT2D eigenvalue weighted by atomic mass is 9.91. The Balaban J connectivity index is 1.80. The lowest BCUT2D eigenvalue weighted by Gasteiger charge is -2.37. The van der Waals surface area contributed by atoms with Crippen molar-refractivity contribution < 1.29 is 4.79 Å². The summed E-state index contributed by atoms with van der Waals surface area (Å²) in [5.41, 5.74) is 0. The van der Waals surface area contributed by atoms with Crippen LogP contribution < -0.4 is 0 Å². The maximum Gasteiger partial charge on any atom is 0.264 e. The Morgan fingerprint density at radius 1 is 1.42 bits per heavy atom. The number of carbonyl (C=O) groups excluding carboxylic acids is 1. The van der Waals surface area contributed by atoms with Crippen LogP contribution in [0.15, 0.2) is 17.5 Å². The van der Waals surface area contributed by atoms with Crippen LogP contribution in [-0.4, -0.2) is 29.3 Å². The van der Waals surface area contributed by atoms with Gasteiger partial charge in [0.05, 0.1) is 4.88 Å². The van der Waals surface area contributed by atoms with Gasteiger partial charge >= 0.3 is 0 Å². The fourth-order valence-corrected chi connectivity index (χ4v) is 4.58. The largest absolute Gasteiger partial charge is 0.335 e. The van der Waals surface area contributed by atoms with Crippen molar-refractivity contribution in [2.45, 2.75) is 31.7 Å². The molecule has 5 heteroatoms. The van der Waals surface area contributed by atoms with Gasteiger partial charge in [-0.25, -0.2) is 0 Å². The fraction of sp³-hybridized carbons (Fsp3) is 0.500. The Bertz CT molecular complexity index is 544. The predicted molar refractivity (Wildman–Crippen MR) is 83.7 cm³/mol. The zero-order valence-electron chi connectivity index (χ0n) is 10.6. The van der Waals surface area contributed by atoms with Gasteiger partial charge < -0.3 is 4.90 Å². The minimum absolute atomic E-state index is 0.197. The molecule has 1 saturated carbocycles. The van der Waals surface area contributed by atoms with Crippen molar-refractivity contribution >= 4 is 49.6 Å². The number of fused-ring (bicyclic) bond motifs is 1. The Kier molecular flexibility index (Phi) is 4.10. The molecule has 2 aromatic rings. The van der Waals surface area contributed by atoms with Crippen molar-refractivity contribution in [2.24, 2.45) is 0 Å². The van der Waals surface area contributed by atoms with Crippen LogP contribution in [-0.2, 0) is 0 Å². The lowest BCUT2D eigenvalue weighted by Crippen LogP contribution is -2.44. The van der Waals surface area contributed by atoms with E-state index in [-0.39, 0.29) is 5.91 Å². The molecule has 0 atom stereocenters. The zero-order valence-corrected chi connectivity index (χ0v) is 13.0. The van der Waals surface area contributed by atoms with Gasteiger partial charge in [0.15, 0.2) is 0 Å². The van der Waals surface area contributed by atoms with Gasteiger partial charge in [-0.15, -0.1) is 34.3 Å². The van der Waals surface area contributed by atoms with Crippen LogP contribution >= 0.6 is 34.3 Å². The van der Waals surface area contributed by atoms with E-state index in [1.165, 1.54) is 15.8 Å². The second-order valence-corrected chi connectivity index (χ2v) is 7.29. The van der Waals surface area contributed by atoms with Crippen LogP contribution in [0, 0.1) is 0 Å². The highest BCUT2D eigenvalue weighted by atomic mass is 35.5. The maximum absolute atomic E-state index is 12.7. The van der Waals surface area contributed by atoms with Gasteiger partial charge in [-0.1, -0.05) is 0 Å². The van der Waals surface area contributed by atoms with Crippen molar-refractivity contribution in [3.05, 3.63) is 22.4 Å². The number of rotatable bonds is 5. The Hall–Kier alpha value is -0.580. The average molecular weight is 314 g/mol. The number of hydrogen-bond acceptors (Lipinski definition) is 3. The van der Waals surface area contributed by atoms with Crippen LogP contribution in [0.4, 0.5) is 0 Å². The molecule has 1 aliphatic carbocycles. The maximum atomic E-state index is 12.7. The summed E-state index contributed by atoms with van der Waals surface area (Å²) in [5.74, 6) is 0.818. The standard InChI is InChI=1S/C14H16ClNOS2/c15-6-2-7-16(10-3-1-4-10)14(17)13-9-12-11(19-13)5-8-18-12/h5,8-10H,1-4,6-7H2. The Labute approximate surface area is 126 Å². The third kappa shape index (κ3) is 2.67. The highest BCUT2D eigenvalue weighted by molar-refractivity contribution is 7.27. The molecule has 2 heterocycles. The molecule has 0 aromatic carbocycles. The molecule has 0 N–H and O–H groups in total. The fourth-order valence-electron chi connectivity index (χ4n) is 2.39. The number of halogens is 1. The molecule has 1 amide bonds. The van der Waals surface area contributed by atoms with E-state index < -0.39 is 0 Å². The molecule has 19 heavy (non-hydrogen) atoms. The molecule has 0 unspecified atom stereocenters. The lowest BCUT2D eigenvalue weighted by molar-refractivity contribution is 0.0586. The van der Waals surface area contributed by atoms with Crippen molar-refractivity contribution in [3.63, 3.8) is 0 Å². The number of hydrogen-bond donors (Lipinski definition) is 0. The number of thiophene rings is 2. The first kappa shape index (κ1) is 13.4. The molecule has 1 aliphatic rings. The summed E-state index contributed by atoms with van der Waals surface area (Å²) >= 11 is 9.09. The van der Waals surface area contributed by atoms with E-state index in [9.17, 15) is 4.79 Å². The van der Waals surface area contributed by atoms with E-state index in [1.807, 2.05) is 11.0 Å². The molecule has 2 aromatic heterocycles. The van der Waals surface area contributed by atoms with Gasteiger partial charge in [-0.05, 0) is 43.2 Å². The highest BCUT2D eigenvalue weighted by Gasteiger charge is 2.29. The number of amides is 1. The molecular formula is C14H16ClNOS2. The van der Waals surface area contributed by atoms with E-state index in [1.54, 1.807) is 22.7 Å². The highest BCUT2D eigenvalue weighted by Crippen LogP contribution is 2.33. The SMILES string of the molecule is O=C(c1cc2sccc2s1)N(CCCCl)C1CCC1. The van der Waals surface area contributed by atoms with Crippen molar-refractivity contribution in [2.75, 3.05) is 12.4 Å². The van der Waals surface area contributed by atoms with Gasteiger partial charge in [0, 0.05) is 27.9 Å². The van der Waals surface area contributed by atoms with Crippen molar-refractivity contribution in [3.8, 4) is 0 Å². The van der Waals surface area contributed by atoms with Gasteiger partial charge in [0.1, 0.15) is 0 Å². The van der Waals surface area contributed by atoms with Crippen LogP contribution in [0.2, 0.25) is 0 Å². The summed E-state index contributed by atoms with van der Waals surface area (Å²) in [7, 11) is 0. The summed E-state index contributed by atoms with van der Waals surface area (Å²) in [6, 6.07) is 4.57. The van der Waals surface area contributed by atoms with Gasteiger partial charge in [0.2, 0.25) is 0 Å². The first-order valence-corrected chi connectivity index (χ1v) is 8.86. The average Bonchev–Trinajstić information content (AvgIpc) is 2.91. The van der Waals surface area contributed by atoms with Crippen LogP contribution in [0.25, 0.3) is 9.40 Å². The summed E-state index contributed by atoms with van der Waals surface area (Å²) in [4.78, 5) is 15.6. The monoisotopic (exact) mass is 313 g/mol. The molecular weight excluding hydrogens is 298 g/mol.